The maximum atomic E-state index is 10.2. The molecule has 0 aliphatic heterocycles. The summed E-state index contributed by atoms with van der Waals surface area (Å²) in [7, 11) is 1.63. The summed E-state index contributed by atoms with van der Waals surface area (Å²) in [6, 6.07) is 11.6. The van der Waals surface area contributed by atoms with Crippen LogP contribution in [0.2, 0.25) is 0 Å². The highest BCUT2D eigenvalue weighted by atomic mass is 32.1. The molecule has 1 unspecified atom stereocenters. The molecule has 2 aromatic heterocycles. The highest BCUT2D eigenvalue weighted by Gasteiger charge is 2.09. The Morgan fingerprint density at radius 3 is 2.78 bits per heavy atom. The molecule has 0 fully saturated rings. The zero-order chi connectivity index (χ0) is 16.1. The molecule has 0 saturated heterocycles. The van der Waals surface area contributed by atoms with Gasteiger partial charge in [0.25, 0.3) is 0 Å². The van der Waals surface area contributed by atoms with Gasteiger partial charge in [0.05, 0.1) is 18.1 Å². The second kappa shape index (κ2) is 7.70. The molecule has 6 heteroatoms. The van der Waals surface area contributed by atoms with E-state index in [1.807, 2.05) is 36.5 Å². The van der Waals surface area contributed by atoms with Crippen LogP contribution in [0.5, 0.6) is 5.75 Å². The molecule has 0 radical (unpaired) electrons. The molecule has 0 amide bonds. The van der Waals surface area contributed by atoms with Crippen LogP contribution in [0.15, 0.2) is 48.0 Å². The van der Waals surface area contributed by atoms with E-state index in [0.29, 0.717) is 13.1 Å². The SMILES string of the molecule is COc1ccc(C(O)CNCc2cnc(-c3cccs3)s2)cc1. The fourth-order valence-corrected chi connectivity index (χ4v) is 3.87. The summed E-state index contributed by atoms with van der Waals surface area (Å²) in [6.45, 7) is 1.20. The van der Waals surface area contributed by atoms with Gasteiger partial charge < -0.3 is 15.2 Å². The van der Waals surface area contributed by atoms with Gasteiger partial charge in [-0.1, -0.05) is 18.2 Å². The van der Waals surface area contributed by atoms with Crippen LogP contribution in [-0.4, -0.2) is 23.7 Å². The van der Waals surface area contributed by atoms with Gasteiger partial charge in [0.15, 0.2) is 0 Å². The number of benzene rings is 1. The average molecular weight is 346 g/mol. The van der Waals surface area contributed by atoms with E-state index >= 15 is 0 Å². The van der Waals surface area contributed by atoms with E-state index in [2.05, 4.69) is 21.7 Å². The second-order valence-corrected chi connectivity index (χ2v) is 7.09. The number of thiazole rings is 1. The monoisotopic (exact) mass is 346 g/mol. The van der Waals surface area contributed by atoms with Crippen LogP contribution in [0.3, 0.4) is 0 Å². The van der Waals surface area contributed by atoms with E-state index < -0.39 is 6.10 Å². The van der Waals surface area contributed by atoms with Crippen LogP contribution in [-0.2, 0) is 6.54 Å². The third kappa shape index (κ3) is 4.17. The molecule has 1 aromatic carbocycles. The van der Waals surface area contributed by atoms with E-state index in [9.17, 15) is 5.11 Å². The van der Waals surface area contributed by atoms with Gasteiger partial charge in [0.1, 0.15) is 10.8 Å². The Kier molecular flexibility index (Phi) is 5.40. The lowest BCUT2D eigenvalue weighted by Crippen LogP contribution is -2.20. The molecule has 0 spiro atoms. The Labute approximate surface area is 143 Å². The molecule has 4 nitrogen and oxygen atoms in total. The summed E-state index contributed by atoms with van der Waals surface area (Å²) < 4.78 is 5.12. The molecule has 1 atom stereocenters. The smallest absolute Gasteiger partial charge is 0.133 e. The second-order valence-electron chi connectivity index (χ2n) is 5.03. The van der Waals surface area contributed by atoms with E-state index in [0.717, 1.165) is 21.2 Å². The molecule has 0 aliphatic carbocycles. The van der Waals surface area contributed by atoms with Crippen molar-refractivity contribution in [2.24, 2.45) is 0 Å². The lowest BCUT2D eigenvalue weighted by atomic mass is 10.1. The van der Waals surface area contributed by atoms with Gasteiger partial charge in [-0.3, -0.25) is 0 Å². The lowest BCUT2D eigenvalue weighted by molar-refractivity contribution is 0.174. The molecular formula is C17H18N2O2S2. The van der Waals surface area contributed by atoms with Crippen LogP contribution in [0.4, 0.5) is 0 Å². The molecular weight excluding hydrogens is 328 g/mol. The van der Waals surface area contributed by atoms with Crippen molar-refractivity contribution in [1.29, 1.82) is 0 Å². The van der Waals surface area contributed by atoms with Crippen molar-refractivity contribution in [2.45, 2.75) is 12.6 Å². The molecule has 0 bridgehead atoms. The normalized spacial score (nSPS) is 12.3. The Balaban J connectivity index is 1.50. The summed E-state index contributed by atoms with van der Waals surface area (Å²) in [6.07, 6.45) is 1.36. The number of aromatic nitrogens is 1. The number of ether oxygens (including phenoxy) is 1. The summed E-state index contributed by atoms with van der Waals surface area (Å²) in [4.78, 5) is 6.80. The Bertz CT molecular complexity index is 723. The van der Waals surface area contributed by atoms with Crippen LogP contribution < -0.4 is 10.1 Å². The van der Waals surface area contributed by atoms with Crippen LogP contribution in [0, 0.1) is 0 Å². The Morgan fingerprint density at radius 2 is 2.09 bits per heavy atom. The quantitative estimate of drug-likeness (QED) is 0.685. The average Bonchev–Trinajstić information content (AvgIpc) is 3.26. The highest BCUT2D eigenvalue weighted by Crippen LogP contribution is 2.28. The molecule has 23 heavy (non-hydrogen) atoms. The van der Waals surface area contributed by atoms with Gasteiger partial charge in [0, 0.05) is 24.2 Å². The zero-order valence-corrected chi connectivity index (χ0v) is 14.4. The highest BCUT2D eigenvalue weighted by molar-refractivity contribution is 7.20. The van der Waals surface area contributed by atoms with E-state index in [4.69, 9.17) is 4.74 Å². The number of aliphatic hydroxyl groups is 1. The maximum absolute atomic E-state index is 10.2. The molecule has 2 heterocycles. The van der Waals surface area contributed by atoms with Gasteiger partial charge >= 0.3 is 0 Å². The Hall–Kier alpha value is -1.73. The summed E-state index contributed by atoms with van der Waals surface area (Å²) in [5.74, 6) is 0.791. The van der Waals surface area contributed by atoms with Gasteiger partial charge in [-0.2, -0.15) is 0 Å². The van der Waals surface area contributed by atoms with Crippen molar-refractivity contribution in [3.8, 4) is 15.6 Å². The number of methoxy groups -OCH3 is 1. The number of hydrogen-bond donors (Lipinski definition) is 2. The minimum Gasteiger partial charge on any atom is -0.497 e. The first kappa shape index (κ1) is 16.1. The van der Waals surface area contributed by atoms with Crippen molar-refractivity contribution in [1.82, 2.24) is 10.3 Å². The predicted octanol–water partition coefficient (Wildman–Crippen LogP) is 3.70. The predicted molar refractivity (Wildman–Crippen MR) is 95.1 cm³/mol. The minimum atomic E-state index is -0.536. The third-order valence-electron chi connectivity index (χ3n) is 3.42. The van der Waals surface area contributed by atoms with Gasteiger partial charge in [-0.15, -0.1) is 22.7 Å². The molecule has 3 rings (SSSR count). The fourth-order valence-electron chi connectivity index (χ4n) is 2.18. The number of aliphatic hydroxyl groups excluding tert-OH is 1. The fraction of sp³-hybridized carbons (Fsp3) is 0.235. The first-order valence-electron chi connectivity index (χ1n) is 7.27. The maximum Gasteiger partial charge on any atom is 0.133 e. The topological polar surface area (TPSA) is 54.4 Å². The minimum absolute atomic E-state index is 0.499. The number of rotatable bonds is 7. The van der Waals surface area contributed by atoms with Crippen molar-refractivity contribution in [2.75, 3.05) is 13.7 Å². The molecule has 0 aliphatic rings. The van der Waals surface area contributed by atoms with Crippen LogP contribution in [0.25, 0.3) is 9.88 Å². The van der Waals surface area contributed by atoms with Crippen LogP contribution >= 0.6 is 22.7 Å². The number of nitrogens with zero attached hydrogens (tertiary/aromatic N) is 1. The van der Waals surface area contributed by atoms with E-state index in [1.54, 1.807) is 29.8 Å². The molecule has 120 valence electrons. The van der Waals surface area contributed by atoms with Crippen molar-refractivity contribution in [3.05, 3.63) is 58.4 Å². The zero-order valence-electron chi connectivity index (χ0n) is 12.7. The Morgan fingerprint density at radius 1 is 1.26 bits per heavy atom. The van der Waals surface area contributed by atoms with Gasteiger partial charge in [-0.05, 0) is 29.1 Å². The molecule has 0 saturated carbocycles. The van der Waals surface area contributed by atoms with E-state index in [-0.39, 0.29) is 0 Å². The number of nitrogens with one attached hydrogen (secondary N) is 1. The largest absolute Gasteiger partial charge is 0.497 e. The first-order valence-corrected chi connectivity index (χ1v) is 8.97. The van der Waals surface area contributed by atoms with Crippen molar-refractivity contribution in [3.63, 3.8) is 0 Å². The summed E-state index contributed by atoms with van der Waals surface area (Å²) in [5.41, 5.74) is 0.877. The number of hydrogen-bond acceptors (Lipinski definition) is 6. The molecule has 2 N–H and O–H groups in total. The lowest BCUT2D eigenvalue weighted by Gasteiger charge is -2.12. The van der Waals surface area contributed by atoms with Crippen molar-refractivity contribution >= 4 is 22.7 Å². The van der Waals surface area contributed by atoms with Gasteiger partial charge in [-0.25, -0.2) is 4.98 Å². The summed E-state index contributed by atoms with van der Waals surface area (Å²) >= 11 is 3.38. The molecule has 3 aromatic rings. The van der Waals surface area contributed by atoms with Crippen LogP contribution in [0.1, 0.15) is 16.5 Å². The standard InChI is InChI=1S/C17H18N2O2S2/c1-21-13-6-4-12(5-7-13)15(20)11-18-9-14-10-19-17(23-14)16-3-2-8-22-16/h2-8,10,15,18,20H,9,11H2,1H3. The third-order valence-corrected chi connectivity index (χ3v) is 5.46. The number of thiophene rings is 1. The van der Waals surface area contributed by atoms with Gasteiger partial charge in [0.2, 0.25) is 0 Å². The van der Waals surface area contributed by atoms with Crippen molar-refractivity contribution < 1.29 is 9.84 Å². The van der Waals surface area contributed by atoms with E-state index in [1.165, 1.54) is 4.88 Å². The summed E-state index contributed by atoms with van der Waals surface area (Å²) in [5, 5.41) is 16.6. The first-order chi connectivity index (χ1) is 11.3.